The molecule has 5 heterocycles. The Bertz CT molecular complexity index is 1740. The lowest BCUT2D eigenvalue weighted by Crippen LogP contribution is -2.52. The lowest BCUT2D eigenvalue weighted by Gasteiger charge is -2.46. The number of carbonyl (C=O) groups excluding carboxylic acids is 3. The van der Waals surface area contributed by atoms with Crippen molar-refractivity contribution >= 4 is 29.4 Å². The number of benzene rings is 2. The fourth-order valence-electron chi connectivity index (χ4n) is 8.03. The van der Waals surface area contributed by atoms with Gasteiger partial charge in [-0.3, -0.25) is 24.6 Å². The summed E-state index contributed by atoms with van der Waals surface area (Å²) in [6.45, 7) is 12.5. The van der Waals surface area contributed by atoms with Gasteiger partial charge < -0.3 is 20.2 Å². The minimum Gasteiger partial charge on any atom is -0.385 e. The molecule has 3 aromatic rings. The van der Waals surface area contributed by atoms with Crippen LogP contribution in [0.25, 0.3) is 0 Å². The zero-order valence-electron chi connectivity index (χ0n) is 29.6. The summed E-state index contributed by atoms with van der Waals surface area (Å²) in [5.74, 6) is 0.211. The van der Waals surface area contributed by atoms with Gasteiger partial charge in [0.25, 0.3) is 5.91 Å². The van der Waals surface area contributed by atoms with Gasteiger partial charge in [-0.25, -0.2) is 9.97 Å². The number of carbonyl (C=O) groups is 3. The normalized spacial score (nSPS) is 21.8. The molecule has 2 aromatic carbocycles. The summed E-state index contributed by atoms with van der Waals surface area (Å²) < 4.78 is 0. The highest BCUT2D eigenvalue weighted by atomic mass is 16.3. The first-order valence-electron chi connectivity index (χ1n) is 18.1. The monoisotopic (exact) mass is 679 g/mol. The summed E-state index contributed by atoms with van der Waals surface area (Å²) in [6.07, 6.45) is 7.60. The van der Waals surface area contributed by atoms with E-state index in [0.717, 1.165) is 55.7 Å². The van der Waals surface area contributed by atoms with Crippen molar-refractivity contribution in [2.45, 2.75) is 102 Å². The lowest BCUT2D eigenvalue weighted by atomic mass is 9.81. The maximum absolute atomic E-state index is 13.2. The third-order valence-electron chi connectivity index (χ3n) is 11.5. The molecule has 3 amide bonds. The lowest BCUT2D eigenvalue weighted by molar-refractivity contribution is -0.136. The fourth-order valence-corrected chi connectivity index (χ4v) is 8.03. The summed E-state index contributed by atoms with van der Waals surface area (Å²) in [6, 6.07) is 14.3. The number of nitrogens with zero attached hydrogens (tertiary/aromatic N) is 5. The van der Waals surface area contributed by atoms with E-state index in [4.69, 9.17) is 0 Å². The molecule has 3 N–H and O–H groups in total. The van der Waals surface area contributed by atoms with E-state index in [1.165, 1.54) is 11.3 Å². The Morgan fingerprint density at radius 3 is 2.26 bits per heavy atom. The van der Waals surface area contributed by atoms with Gasteiger partial charge in [0.2, 0.25) is 17.8 Å². The van der Waals surface area contributed by atoms with Crippen LogP contribution in [0.2, 0.25) is 0 Å². The predicted octanol–water partition coefficient (Wildman–Crippen LogP) is 4.66. The van der Waals surface area contributed by atoms with Crippen LogP contribution in [-0.4, -0.2) is 80.9 Å². The molecule has 7 rings (SSSR count). The number of anilines is 2. The van der Waals surface area contributed by atoms with Crippen LogP contribution in [0.1, 0.15) is 105 Å². The van der Waals surface area contributed by atoms with Crippen molar-refractivity contribution in [1.29, 1.82) is 0 Å². The topological polar surface area (TPSA) is 131 Å². The highest BCUT2D eigenvalue weighted by Crippen LogP contribution is 2.40. The first-order valence-corrected chi connectivity index (χ1v) is 18.1. The minimum absolute atomic E-state index is 0.199. The van der Waals surface area contributed by atoms with Gasteiger partial charge >= 0.3 is 0 Å². The first kappa shape index (κ1) is 34.1. The number of rotatable bonds is 8. The van der Waals surface area contributed by atoms with E-state index in [-0.39, 0.29) is 23.8 Å². The van der Waals surface area contributed by atoms with Gasteiger partial charge in [-0.2, -0.15) is 0 Å². The van der Waals surface area contributed by atoms with Crippen molar-refractivity contribution in [3.05, 3.63) is 82.7 Å². The molecule has 4 aliphatic heterocycles. The zero-order chi connectivity index (χ0) is 35.2. The van der Waals surface area contributed by atoms with Crippen molar-refractivity contribution in [2.24, 2.45) is 0 Å². The van der Waals surface area contributed by atoms with E-state index in [2.05, 4.69) is 82.4 Å². The number of likely N-dealkylation sites (tertiary alicyclic amines) is 1. The highest BCUT2D eigenvalue weighted by Gasteiger charge is 2.42. The number of amides is 3. The van der Waals surface area contributed by atoms with E-state index < -0.39 is 17.6 Å². The maximum Gasteiger partial charge on any atom is 0.255 e. The summed E-state index contributed by atoms with van der Waals surface area (Å²) in [5, 5.41) is 17.7. The Labute approximate surface area is 294 Å². The second-order valence-electron chi connectivity index (χ2n) is 15.3. The van der Waals surface area contributed by atoms with Crippen LogP contribution in [0.5, 0.6) is 0 Å². The van der Waals surface area contributed by atoms with Gasteiger partial charge in [0.1, 0.15) is 6.04 Å². The molecule has 1 unspecified atom stereocenters. The molecule has 4 aliphatic rings. The summed E-state index contributed by atoms with van der Waals surface area (Å²) in [4.78, 5) is 52.7. The molecule has 50 heavy (non-hydrogen) atoms. The van der Waals surface area contributed by atoms with Crippen LogP contribution in [0.15, 0.2) is 54.9 Å². The van der Waals surface area contributed by atoms with Gasteiger partial charge in [-0.15, -0.1) is 0 Å². The number of aromatic nitrogens is 2. The third kappa shape index (κ3) is 6.60. The zero-order valence-corrected chi connectivity index (χ0v) is 29.6. The van der Waals surface area contributed by atoms with Crippen LogP contribution < -0.4 is 15.5 Å². The number of imide groups is 1. The molecule has 11 heteroatoms. The molecule has 0 spiro atoms. The van der Waals surface area contributed by atoms with Crippen LogP contribution in [-0.2, 0) is 27.3 Å². The Kier molecular flexibility index (Phi) is 9.15. The van der Waals surface area contributed by atoms with Crippen LogP contribution in [0.4, 0.5) is 11.6 Å². The quantitative estimate of drug-likeness (QED) is 0.291. The van der Waals surface area contributed by atoms with E-state index in [9.17, 15) is 19.5 Å². The van der Waals surface area contributed by atoms with Crippen LogP contribution in [0, 0.1) is 0 Å². The molecular weight excluding hydrogens is 630 g/mol. The molecule has 3 saturated heterocycles. The molecule has 3 fully saturated rings. The molecule has 1 aromatic heterocycles. The van der Waals surface area contributed by atoms with E-state index >= 15 is 0 Å². The van der Waals surface area contributed by atoms with Crippen molar-refractivity contribution < 1.29 is 19.5 Å². The Morgan fingerprint density at radius 2 is 1.62 bits per heavy atom. The van der Waals surface area contributed by atoms with Gasteiger partial charge in [0, 0.05) is 74.4 Å². The first-order chi connectivity index (χ1) is 23.9. The van der Waals surface area contributed by atoms with Gasteiger partial charge in [0.15, 0.2) is 0 Å². The van der Waals surface area contributed by atoms with E-state index in [0.29, 0.717) is 49.3 Å². The van der Waals surface area contributed by atoms with Crippen molar-refractivity contribution in [3.8, 4) is 0 Å². The van der Waals surface area contributed by atoms with Crippen LogP contribution in [0.3, 0.4) is 0 Å². The SMILES string of the molecule is CC(C)c1cnc(NC2CCN(c3ccc(C(C)(C)N4CCC(O)(c5ccc6c(c5)CN(C5CCC(=O)NC5=O)C6=O)CC4)cc3)CC2)nc1. The molecule has 0 saturated carbocycles. The predicted molar refractivity (Wildman–Crippen MR) is 192 cm³/mol. The molecule has 0 aliphatic carbocycles. The molecule has 0 radical (unpaired) electrons. The fraction of sp³-hybridized carbons (Fsp3) is 0.513. The number of nitrogens with one attached hydrogen (secondary N) is 2. The second kappa shape index (κ2) is 13.4. The third-order valence-corrected chi connectivity index (χ3v) is 11.5. The minimum atomic E-state index is -0.999. The van der Waals surface area contributed by atoms with Gasteiger partial charge in [0.05, 0.1) is 5.60 Å². The van der Waals surface area contributed by atoms with Crippen molar-refractivity contribution in [1.82, 2.24) is 25.1 Å². The number of fused-ring (bicyclic) bond motifs is 1. The Morgan fingerprint density at radius 1 is 0.940 bits per heavy atom. The summed E-state index contributed by atoms with van der Waals surface area (Å²) in [5.41, 5.74) is 4.61. The van der Waals surface area contributed by atoms with Gasteiger partial charge in [-0.1, -0.05) is 38.1 Å². The number of hydrogen-bond donors (Lipinski definition) is 3. The standard InChI is InChI=1S/C39H49N7O4/c1-25(2)27-22-40-37(41-23-27)42-30-13-17-44(18-14-30)31-8-5-28(6-9-31)38(3,4)45-19-15-39(50,16-20-45)29-7-10-32-26(21-29)24-46(36(32)49)33-11-12-34(47)43-35(33)48/h5-10,21-23,25,30,33,50H,11-20,24H2,1-4H3,(H,40,41,42)(H,43,47,48). The van der Waals surface area contributed by atoms with Crippen molar-refractivity contribution in [3.63, 3.8) is 0 Å². The number of piperidine rings is 3. The average molecular weight is 680 g/mol. The Balaban J connectivity index is 0.934. The largest absolute Gasteiger partial charge is 0.385 e. The summed E-state index contributed by atoms with van der Waals surface area (Å²) in [7, 11) is 0. The smallest absolute Gasteiger partial charge is 0.255 e. The molecule has 264 valence electrons. The van der Waals surface area contributed by atoms with E-state index in [1.807, 2.05) is 24.5 Å². The molecule has 0 bridgehead atoms. The highest BCUT2D eigenvalue weighted by molar-refractivity contribution is 6.05. The Hall–Kier alpha value is -4.35. The summed E-state index contributed by atoms with van der Waals surface area (Å²) >= 11 is 0. The van der Waals surface area contributed by atoms with Crippen LogP contribution >= 0.6 is 0 Å². The van der Waals surface area contributed by atoms with E-state index in [1.54, 1.807) is 11.0 Å². The average Bonchev–Trinajstić information content (AvgIpc) is 3.44. The number of hydrogen-bond acceptors (Lipinski definition) is 9. The number of aliphatic hydroxyl groups is 1. The van der Waals surface area contributed by atoms with Crippen molar-refractivity contribution in [2.75, 3.05) is 36.4 Å². The molecule has 11 nitrogen and oxygen atoms in total. The van der Waals surface area contributed by atoms with Gasteiger partial charge in [-0.05, 0) is 92.3 Å². The molecule has 1 atom stereocenters. The maximum atomic E-state index is 13.2. The molecular formula is C39H49N7O4. The second-order valence-corrected chi connectivity index (χ2v) is 15.3.